The largest absolute Gasteiger partial charge is 0.399 e. The molecule has 4 rings (SSSR count). The summed E-state index contributed by atoms with van der Waals surface area (Å²) < 4.78 is 1.82. The molecule has 3 aromatic rings. The summed E-state index contributed by atoms with van der Waals surface area (Å²) in [5, 5.41) is 0.599. The van der Waals surface area contributed by atoms with E-state index < -0.39 is 0 Å². The molecule has 0 atom stereocenters. The fraction of sp³-hybridized carbons (Fsp3) is 0.263. The van der Waals surface area contributed by atoms with Crippen molar-refractivity contribution in [1.82, 2.24) is 9.55 Å². The van der Waals surface area contributed by atoms with E-state index in [1.807, 2.05) is 10.6 Å². The number of aromatic nitrogens is 2. The molecule has 4 nitrogen and oxygen atoms in total. The molecule has 0 amide bonds. The van der Waals surface area contributed by atoms with Gasteiger partial charge < -0.3 is 5.73 Å². The number of anilines is 1. The van der Waals surface area contributed by atoms with Gasteiger partial charge >= 0.3 is 0 Å². The number of nitrogens with two attached hydrogens (primary N) is 1. The lowest BCUT2D eigenvalue weighted by molar-refractivity contribution is 0.681. The SMILES string of the molecule is Cc1ccc(Cn2c(C3CC3)nc3ccc(N)cc3c2=O)cc1. The first-order valence-corrected chi connectivity index (χ1v) is 7.97. The van der Waals surface area contributed by atoms with Crippen molar-refractivity contribution in [2.75, 3.05) is 5.73 Å². The van der Waals surface area contributed by atoms with Crippen molar-refractivity contribution in [3.63, 3.8) is 0 Å². The third kappa shape index (κ3) is 2.61. The van der Waals surface area contributed by atoms with Crippen molar-refractivity contribution in [1.29, 1.82) is 0 Å². The molecule has 23 heavy (non-hydrogen) atoms. The molecule has 116 valence electrons. The summed E-state index contributed by atoms with van der Waals surface area (Å²) in [6.45, 7) is 2.62. The summed E-state index contributed by atoms with van der Waals surface area (Å²) in [4.78, 5) is 17.7. The minimum Gasteiger partial charge on any atom is -0.399 e. The highest BCUT2D eigenvalue weighted by Crippen LogP contribution is 2.39. The lowest BCUT2D eigenvalue weighted by Gasteiger charge is -2.13. The number of fused-ring (bicyclic) bond motifs is 1. The van der Waals surface area contributed by atoms with Crippen LogP contribution in [-0.4, -0.2) is 9.55 Å². The van der Waals surface area contributed by atoms with Gasteiger partial charge in [-0.3, -0.25) is 9.36 Å². The Bertz CT molecular complexity index is 937. The Balaban J connectivity index is 1.89. The lowest BCUT2D eigenvalue weighted by Crippen LogP contribution is -2.25. The van der Waals surface area contributed by atoms with Crippen molar-refractivity contribution >= 4 is 16.6 Å². The molecule has 1 heterocycles. The molecule has 0 radical (unpaired) electrons. The first kappa shape index (κ1) is 14.0. The fourth-order valence-electron chi connectivity index (χ4n) is 2.94. The maximum absolute atomic E-state index is 13.0. The molecule has 0 unspecified atom stereocenters. The van der Waals surface area contributed by atoms with E-state index in [9.17, 15) is 4.79 Å². The molecule has 0 bridgehead atoms. The highest BCUT2D eigenvalue weighted by molar-refractivity contribution is 5.81. The van der Waals surface area contributed by atoms with Gasteiger partial charge in [-0.2, -0.15) is 0 Å². The van der Waals surface area contributed by atoms with Crippen LogP contribution in [0.3, 0.4) is 0 Å². The van der Waals surface area contributed by atoms with Gasteiger partial charge in [0.25, 0.3) is 5.56 Å². The van der Waals surface area contributed by atoms with Gasteiger partial charge in [-0.15, -0.1) is 0 Å². The summed E-state index contributed by atoms with van der Waals surface area (Å²) in [5.41, 5.74) is 9.52. The molecule has 1 fully saturated rings. The number of nitrogen functional groups attached to an aromatic ring is 1. The first-order chi connectivity index (χ1) is 11.1. The highest BCUT2D eigenvalue weighted by Gasteiger charge is 2.29. The third-order valence-electron chi connectivity index (χ3n) is 4.41. The van der Waals surface area contributed by atoms with Gasteiger partial charge in [0, 0.05) is 11.6 Å². The Morgan fingerprint density at radius 1 is 1.17 bits per heavy atom. The standard InChI is InChI=1S/C19H19N3O/c1-12-2-4-13(5-3-12)11-22-18(14-6-7-14)21-17-9-8-15(20)10-16(17)19(22)23/h2-5,8-10,14H,6-7,11,20H2,1H3. The zero-order valence-electron chi connectivity index (χ0n) is 13.1. The Hall–Kier alpha value is -2.62. The number of benzene rings is 2. The Morgan fingerprint density at radius 3 is 2.61 bits per heavy atom. The van der Waals surface area contributed by atoms with E-state index >= 15 is 0 Å². The maximum atomic E-state index is 13.0. The Morgan fingerprint density at radius 2 is 1.91 bits per heavy atom. The van der Waals surface area contributed by atoms with Crippen LogP contribution in [-0.2, 0) is 6.54 Å². The molecule has 4 heteroatoms. The lowest BCUT2D eigenvalue weighted by atomic mass is 10.1. The quantitative estimate of drug-likeness (QED) is 0.756. The number of hydrogen-bond acceptors (Lipinski definition) is 3. The third-order valence-corrected chi connectivity index (χ3v) is 4.41. The van der Waals surface area contributed by atoms with E-state index in [4.69, 9.17) is 10.7 Å². The predicted octanol–water partition coefficient (Wildman–Crippen LogP) is 3.21. The van der Waals surface area contributed by atoms with Crippen LogP contribution < -0.4 is 11.3 Å². The Kier molecular flexibility index (Phi) is 3.18. The van der Waals surface area contributed by atoms with Crippen molar-refractivity contribution in [3.05, 3.63) is 69.8 Å². The van der Waals surface area contributed by atoms with Crippen LogP contribution in [0.2, 0.25) is 0 Å². The molecule has 1 aliphatic rings. The van der Waals surface area contributed by atoms with Crippen LogP contribution in [0.25, 0.3) is 10.9 Å². The van der Waals surface area contributed by atoms with Crippen LogP contribution in [0, 0.1) is 6.92 Å². The normalized spacial score (nSPS) is 14.3. The molecular weight excluding hydrogens is 286 g/mol. The van der Waals surface area contributed by atoms with Crippen LogP contribution in [0.5, 0.6) is 0 Å². The average Bonchev–Trinajstić information content (AvgIpc) is 3.37. The van der Waals surface area contributed by atoms with Crippen LogP contribution in [0.15, 0.2) is 47.3 Å². The summed E-state index contributed by atoms with van der Waals surface area (Å²) in [6, 6.07) is 13.7. The minimum absolute atomic E-state index is 0.00442. The summed E-state index contributed by atoms with van der Waals surface area (Å²) >= 11 is 0. The van der Waals surface area contributed by atoms with Crippen LogP contribution in [0.4, 0.5) is 5.69 Å². The van der Waals surface area contributed by atoms with Gasteiger partial charge in [-0.05, 0) is 43.5 Å². The van der Waals surface area contributed by atoms with Crippen molar-refractivity contribution < 1.29 is 0 Å². The summed E-state index contributed by atoms with van der Waals surface area (Å²) in [7, 11) is 0. The van der Waals surface area contributed by atoms with Gasteiger partial charge in [-0.1, -0.05) is 29.8 Å². The molecule has 0 spiro atoms. The van der Waals surface area contributed by atoms with Crippen molar-refractivity contribution in [2.24, 2.45) is 0 Å². The highest BCUT2D eigenvalue weighted by atomic mass is 16.1. The molecule has 1 saturated carbocycles. The summed E-state index contributed by atoms with van der Waals surface area (Å²) in [6.07, 6.45) is 2.22. The molecule has 1 aromatic heterocycles. The average molecular weight is 305 g/mol. The maximum Gasteiger partial charge on any atom is 0.261 e. The number of rotatable bonds is 3. The Labute approximate surface area is 134 Å². The molecular formula is C19H19N3O. The smallest absolute Gasteiger partial charge is 0.261 e. The second kappa shape index (κ2) is 5.23. The second-order valence-corrected chi connectivity index (χ2v) is 6.40. The van der Waals surface area contributed by atoms with E-state index in [0.717, 1.165) is 29.7 Å². The predicted molar refractivity (Wildman–Crippen MR) is 92.7 cm³/mol. The van der Waals surface area contributed by atoms with Gasteiger partial charge in [0.2, 0.25) is 0 Å². The molecule has 2 aromatic carbocycles. The zero-order chi connectivity index (χ0) is 16.0. The van der Waals surface area contributed by atoms with Gasteiger partial charge in [0.1, 0.15) is 5.82 Å². The van der Waals surface area contributed by atoms with Crippen molar-refractivity contribution in [2.45, 2.75) is 32.2 Å². The second-order valence-electron chi connectivity index (χ2n) is 6.40. The van der Waals surface area contributed by atoms with Gasteiger partial charge in [0.05, 0.1) is 17.4 Å². The molecule has 0 saturated heterocycles. The van der Waals surface area contributed by atoms with Gasteiger partial charge in [-0.25, -0.2) is 4.98 Å². The topological polar surface area (TPSA) is 60.9 Å². The van der Waals surface area contributed by atoms with E-state index in [-0.39, 0.29) is 5.56 Å². The number of aryl methyl sites for hydroxylation is 1. The number of hydrogen-bond donors (Lipinski definition) is 1. The first-order valence-electron chi connectivity index (χ1n) is 7.97. The van der Waals surface area contributed by atoms with Gasteiger partial charge in [0.15, 0.2) is 0 Å². The fourth-order valence-corrected chi connectivity index (χ4v) is 2.94. The molecule has 0 aliphatic heterocycles. The zero-order valence-corrected chi connectivity index (χ0v) is 13.1. The molecule has 1 aliphatic carbocycles. The monoisotopic (exact) mass is 305 g/mol. The van der Waals surface area contributed by atoms with E-state index in [1.54, 1.807) is 12.1 Å². The number of nitrogens with zero attached hydrogens (tertiary/aromatic N) is 2. The minimum atomic E-state index is 0.00442. The van der Waals surface area contributed by atoms with E-state index in [1.165, 1.54) is 5.56 Å². The van der Waals surface area contributed by atoms with Crippen LogP contribution in [0.1, 0.15) is 35.7 Å². The molecule has 2 N–H and O–H groups in total. The van der Waals surface area contributed by atoms with Crippen LogP contribution >= 0.6 is 0 Å². The van der Waals surface area contributed by atoms with Crippen molar-refractivity contribution in [3.8, 4) is 0 Å². The van der Waals surface area contributed by atoms with E-state index in [2.05, 4.69) is 31.2 Å². The summed E-state index contributed by atoms with van der Waals surface area (Å²) in [5.74, 6) is 1.32. The van der Waals surface area contributed by atoms with E-state index in [0.29, 0.717) is 23.5 Å².